The highest BCUT2D eigenvalue weighted by Crippen LogP contribution is 2.10. The van der Waals surface area contributed by atoms with E-state index in [-0.39, 0.29) is 6.10 Å². The van der Waals surface area contributed by atoms with Gasteiger partial charge in [0.1, 0.15) is 18.1 Å². The number of aliphatic hydroxyl groups excluding tert-OH is 1. The highest BCUT2D eigenvalue weighted by molar-refractivity contribution is 5.07. The number of aliphatic hydroxyl groups is 1. The Morgan fingerprint density at radius 1 is 1.50 bits per heavy atom. The van der Waals surface area contributed by atoms with Gasteiger partial charge in [0.25, 0.3) is 0 Å². The first-order valence-electron chi connectivity index (χ1n) is 3.97. The van der Waals surface area contributed by atoms with E-state index in [0.717, 1.165) is 11.5 Å². The van der Waals surface area contributed by atoms with Gasteiger partial charge in [0, 0.05) is 13.5 Å². The Bertz CT molecular complexity index is 227. The zero-order valence-corrected chi connectivity index (χ0v) is 7.41. The van der Waals surface area contributed by atoms with Crippen LogP contribution in [0, 0.1) is 0 Å². The minimum absolute atomic E-state index is 0.355. The summed E-state index contributed by atoms with van der Waals surface area (Å²) < 4.78 is 10.2. The van der Waals surface area contributed by atoms with E-state index >= 15 is 0 Å². The lowest BCUT2D eigenvalue weighted by Crippen LogP contribution is -2.02. The summed E-state index contributed by atoms with van der Waals surface area (Å²) in [6.45, 7) is 2.22. The quantitative estimate of drug-likeness (QED) is 0.741. The molecule has 68 valence electrons. The molecule has 0 aliphatic heterocycles. The van der Waals surface area contributed by atoms with Crippen LogP contribution in [0.15, 0.2) is 16.5 Å². The maximum absolute atomic E-state index is 9.05. The highest BCUT2D eigenvalue weighted by Gasteiger charge is 2.04. The number of furan rings is 1. The molecule has 1 heterocycles. The van der Waals surface area contributed by atoms with Gasteiger partial charge >= 0.3 is 0 Å². The van der Waals surface area contributed by atoms with Crippen molar-refractivity contribution in [3.05, 3.63) is 23.7 Å². The van der Waals surface area contributed by atoms with Crippen LogP contribution >= 0.6 is 0 Å². The number of ether oxygens (including phenoxy) is 1. The average molecular weight is 170 g/mol. The van der Waals surface area contributed by atoms with Gasteiger partial charge in [0.2, 0.25) is 0 Å². The Morgan fingerprint density at radius 2 is 2.17 bits per heavy atom. The molecular formula is C9H14O3. The van der Waals surface area contributed by atoms with Crippen LogP contribution in [0.25, 0.3) is 0 Å². The smallest absolute Gasteiger partial charge is 0.129 e. The second-order valence-electron chi connectivity index (χ2n) is 2.85. The predicted octanol–water partition coefficient (Wildman–Crippen LogP) is 1.35. The molecule has 1 rings (SSSR count). The molecule has 3 nitrogen and oxygen atoms in total. The Balaban J connectivity index is 2.52. The van der Waals surface area contributed by atoms with Crippen molar-refractivity contribution in [1.82, 2.24) is 0 Å². The first kappa shape index (κ1) is 9.29. The normalized spacial score (nSPS) is 13.2. The monoisotopic (exact) mass is 170 g/mol. The van der Waals surface area contributed by atoms with Crippen molar-refractivity contribution in [2.45, 2.75) is 26.1 Å². The zero-order valence-electron chi connectivity index (χ0n) is 7.41. The molecule has 1 atom stereocenters. The third-order valence-electron chi connectivity index (χ3n) is 1.50. The van der Waals surface area contributed by atoms with Crippen LogP contribution in [0.4, 0.5) is 0 Å². The fourth-order valence-corrected chi connectivity index (χ4v) is 1.04. The van der Waals surface area contributed by atoms with Gasteiger partial charge in [0.05, 0.1) is 6.10 Å². The van der Waals surface area contributed by atoms with Crippen molar-refractivity contribution in [3.8, 4) is 0 Å². The SMILES string of the molecule is COCc1ccc(C[C@H](C)O)o1. The molecule has 1 aromatic rings. The summed E-state index contributed by atoms with van der Waals surface area (Å²) in [5.74, 6) is 1.60. The van der Waals surface area contributed by atoms with Crippen LogP contribution in [-0.2, 0) is 17.8 Å². The van der Waals surface area contributed by atoms with E-state index in [1.807, 2.05) is 12.1 Å². The molecule has 0 spiro atoms. The molecule has 3 heteroatoms. The van der Waals surface area contributed by atoms with Gasteiger partial charge in [0.15, 0.2) is 0 Å². The standard InChI is InChI=1S/C9H14O3/c1-7(10)5-8-3-4-9(12-8)6-11-2/h3-4,7,10H,5-6H2,1-2H3/t7-/m0/s1. The van der Waals surface area contributed by atoms with Crippen molar-refractivity contribution >= 4 is 0 Å². The van der Waals surface area contributed by atoms with Crippen molar-refractivity contribution in [3.63, 3.8) is 0 Å². The Kier molecular flexibility index (Phi) is 3.31. The lowest BCUT2D eigenvalue weighted by molar-refractivity contribution is 0.157. The molecule has 0 aromatic carbocycles. The first-order chi connectivity index (χ1) is 5.72. The van der Waals surface area contributed by atoms with E-state index in [0.29, 0.717) is 13.0 Å². The van der Waals surface area contributed by atoms with E-state index in [2.05, 4.69) is 0 Å². The molecule has 12 heavy (non-hydrogen) atoms. The summed E-state index contributed by atoms with van der Waals surface area (Å²) in [5.41, 5.74) is 0. The van der Waals surface area contributed by atoms with Gasteiger partial charge in [-0.1, -0.05) is 0 Å². The fourth-order valence-electron chi connectivity index (χ4n) is 1.04. The number of rotatable bonds is 4. The van der Waals surface area contributed by atoms with Crippen LogP contribution in [0.3, 0.4) is 0 Å². The molecule has 0 fully saturated rings. The van der Waals surface area contributed by atoms with Crippen LogP contribution in [0.2, 0.25) is 0 Å². The molecule has 0 aliphatic rings. The van der Waals surface area contributed by atoms with Crippen molar-refractivity contribution in [1.29, 1.82) is 0 Å². The maximum Gasteiger partial charge on any atom is 0.129 e. The predicted molar refractivity (Wildman–Crippen MR) is 44.8 cm³/mol. The zero-order chi connectivity index (χ0) is 8.97. The van der Waals surface area contributed by atoms with E-state index in [1.54, 1.807) is 14.0 Å². The summed E-state index contributed by atoms with van der Waals surface area (Å²) in [5, 5.41) is 9.05. The third kappa shape index (κ3) is 2.68. The second kappa shape index (κ2) is 4.28. The second-order valence-corrected chi connectivity index (χ2v) is 2.85. The Labute approximate surface area is 72.0 Å². The summed E-state index contributed by atoms with van der Waals surface area (Å²) >= 11 is 0. The van der Waals surface area contributed by atoms with E-state index in [9.17, 15) is 0 Å². The van der Waals surface area contributed by atoms with E-state index in [4.69, 9.17) is 14.3 Å². The molecule has 0 bridgehead atoms. The lowest BCUT2D eigenvalue weighted by atomic mass is 10.2. The molecule has 0 saturated carbocycles. The van der Waals surface area contributed by atoms with Crippen molar-refractivity contribution in [2.75, 3.05) is 7.11 Å². The van der Waals surface area contributed by atoms with Crippen LogP contribution in [0.1, 0.15) is 18.4 Å². The Hall–Kier alpha value is -0.800. The van der Waals surface area contributed by atoms with Crippen LogP contribution < -0.4 is 0 Å². The van der Waals surface area contributed by atoms with Crippen molar-refractivity contribution < 1.29 is 14.3 Å². The average Bonchev–Trinajstić information content (AvgIpc) is 2.36. The highest BCUT2D eigenvalue weighted by atomic mass is 16.5. The summed E-state index contributed by atoms with van der Waals surface area (Å²) in [6.07, 6.45) is 0.204. The van der Waals surface area contributed by atoms with Crippen LogP contribution in [0.5, 0.6) is 0 Å². The molecule has 0 saturated heterocycles. The van der Waals surface area contributed by atoms with Crippen molar-refractivity contribution in [2.24, 2.45) is 0 Å². The number of hydrogen-bond donors (Lipinski definition) is 1. The van der Waals surface area contributed by atoms with E-state index in [1.165, 1.54) is 0 Å². The third-order valence-corrected chi connectivity index (χ3v) is 1.50. The summed E-state index contributed by atoms with van der Waals surface area (Å²) in [6, 6.07) is 3.72. The fraction of sp³-hybridized carbons (Fsp3) is 0.556. The van der Waals surface area contributed by atoms with Gasteiger partial charge in [-0.2, -0.15) is 0 Å². The molecule has 0 aliphatic carbocycles. The van der Waals surface area contributed by atoms with Gasteiger partial charge < -0.3 is 14.3 Å². The number of hydrogen-bond acceptors (Lipinski definition) is 3. The molecule has 0 radical (unpaired) electrons. The largest absolute Gasteiger partial charge is 0.464 e. The van der Waals surface area contributed by atoms with Gasteiger partial charge in [-0.15, -0.1) is 0 Å². The lowest BCUT2D eigenvalue weighted by Gasteiger charge is -1.99. The van der Waals surface area contributed by atoms with Crippen LogP contribution in [-0.4, -0.2) is 18.3 Å². The molecule has 0 amide bonds. The van der Waals surface area contributed by atoms with E-state index < -0.39 is 0 Å². The summed E-state index contributed by atoms with van der Waals surface area (Å²) in [4.78, 5) is 0. The molecular weight excluding hydrogens is 156 g/mol. The minimum atomic E-state index is -0.355. The van der Waals surface area contributed by atoms with Gasteiger partial charge in [-0.05, 0) is 19.1 Å². The first-order valence-corrected chi connectivity index (χ1v) is 3.97. The van der Waals surface area contributed by atoms with Gasteiger partial charge in [-0.3, -0.25) is 0 Å². The summed E-state index contributed by atoms with van der Waals surface area (Å²) in [7, 11) is 1.62. The van der Waals surface area contributed by atoms with Gasteiger partial charge in [-0.25, -0.2) is 0 Å². The molecule has 0 unspecified atom stereocenters. The number of methoxy groups -OCH3 is 1. The molecule has 1 N–H and O–H groups in total. The maximum atomic E-state index is 9.05. The molecule has 1 aromatic heterocycles. The topological polar surface area (TPSA) is 42.6 Å². The minimum Gasteiger partial charge on any atom is -0.464 e. The Morgan fingerprint density at radius 3 is 2.75 bits per heavy atom.